The van der Waals surface area contributed by atoms with E-state index in [9.17, 15) is 0 Å². The highest BCUT2D eigenvalue weighted by molar-refractivity contribution is 7.99. The number of nitrogens with zero attached hydrogens (tertiary/aromatic N) is 2. The number of aromatic nitrogens is 2. The lowest BCUT2D eigenvalue weighted by Crippen LogP contribution is -2.02. The molecule has 18 heavy (non-hydrogen) atoms. The number of rotatable bonds is 3. The molecule has 3 heterocycles. The summed E-state index contributed by atoms with van der Waals surface area (Å²) in [6.07, 6.45) is 3.57. The second-order valence-corrected chi connectivity index (χ2v) is 6.89. The van der Waals surface area contributed by atoms with Crippen LogP contribution in [0.3, 0.4) is 0 Å². The van der Waals surface area contributed by atoms with E-state index >= 15 is 0 Å². The molecule has 1 N–H and O–H groups in total. The van der Waals surface area contributed by atoms with Crippen LogP contribution < -0.4 is 5.32 Å². The number of hydrogen-bond acceptors (Lipinski definition) is 5. The first-order valence-electron chi connectivity index (χ1n) is 6.41. The van der Waals surface area contributed by atoms with Gasteiger partial charge in [-0.05, 0) is 31.1 Å². The molecular formula is C13H17N3S2. The third-order valence-electron chi connectivity index (χ3n) is 3.26. The monoisotopic (exact) mass is 279 g/mol. The van der Waals surface area contributed by atoms with Gasteiger partial charge in [-0.15, -0.1) is 11.3 Å². The van der Waals surface area contributed by atoms with Gasteiger partial charge in [0.05, 0.1) is 10.6 Å². The van der Waals surface area contributed by atoms with Crippen LogP contribution >= 0.6 is 23.1 Å². The number of thioether (sulfide) groups is 1. The van der Waals surface area contributed by atoms with Crippen molar-refractivity contribution in [2.24, 2.45) is 0 Å². The Bertz CT molecular complexity index is 559. The molecule has 0 aliphatic carbocycles. The lowest BCUT2D eigenvalue weighted by Gasteiger charge is -2.09. The Hall–Kier alpha value is -0.810. The van der Waals surface area contributed by atoms with Gasteiger partial charge in [-0.2, -0.15) is 11.8 Å². The fourth-order valence-corrected chi connectivity index (χ4v) is 4.46. The molecular weight excluding hydrogens is 262 g/mol. The van der Waals surface area contributed by atoms with E-state index in [0.717, 1.165) is 22.9 Å². The molecule has 3 rings (SSSR count). The first-order chi connectivity index (χ1) is 8.81. The van der Waals surface area contributed by atoms with E-state index in [1.807, 2.05) is 18.8 Å². The normalized spacial score (nSPS) is 19.6. The summed E-state index contributed by atoms with van der Waals surface area (Å²) in [4.78, 5) is 12.0. The molecule has 1 atom stereocenters. The minimum Gasteiger partial charge on any atom is -0.372 e. The van der Waals surface area contributed by atoms with Crippen LogP contribution in [0.1, 0.15) is 35.7 Å². The maximum Gasteiger partial charge on any atom is 0.145 e. The molecule has 0 saturated carbocycles. The fraction of sp³-hybridized carbons (Fsp3) is 0.538. The van der Waals surface area contributed by atoms with E-state index < -0.39 is 0 Å². The molecule has 0 bridgehead atoms. The topological polar surface area (TPSA) is 37.8 Å². The van der Waals surface area contributed by atoms with Crippen molar-refractivity contribution in [1.29, 1.82) is 0 Å². The van der Waals surface area contributed by atoms with Gasteiger partial charge in [-0.1, -0.05) is 6.92 Å². The minimum atomic E-state index is 0.494. The number of hydrogen-bond donors (Lipinski definition) is 1. The molecule has 1 aliphatic heterocycles. The molecule has 0 aromatic carbocycles. The Labute approximate surface area is 115 Å². The second-order valence-electron chi connectivity index (χ2n) is 4.47. The molecule has 0 radical (unpaired) electrons. The highest BCUT2D eigenvalue weighted by atomic mass is 32.2. The zero-order valence-electron chi connectivity index (χ0n) is 10.7. The molecule has 96 valence electrons. The summed E-state index contributed by atoms with van der Waals surface area (Å²) in [6, 6.07) is 2.22. The zero-order valence-corrected chi connectivity index (χ0v) is 12.3. The molecule has 2 aromatic heterocycles. The Balaban J connectivity index is 2.10. The van der Waals surface area contributed by atoms with Crippen LogP contribution in [-0.4, -0.2) is 22.8 Å². The van der Waals surface area contributed by atoms with Crippen LogP contribution in [0.15, 0.2) is 6.07 Å². The van der Waals surface area contributed by atoms with Crippen molar-refractivity contribution in [2.75, 3.05) is 18.1 Å². The summed E-state index contributed by atoms with van der Waals surface area (Å²) in [6.45, 7) is 2.19. The maximum atomic E-state index is 4.78. The van der Waals surface area contributed by atoms with Gasteiger partial charge in [-0.3, -0.25) is 0 Å². The van der Waals surface area contributed by atoms with Crippen LogP contribution in [0.2, 0.25) is 0 Å². The van der Waals surface area contributed by atoms with Crippen LogP contribution in [0.25, 0.3) is 10.2 Å². The first-order valence-corrected chi connectivity index (χ1v) is 8.28. The van der Waals surface area contributed by atoms with E-state index in [0.29, 0.717) is 5.25 Å². The maximum absolute atomic E-state index is 4.78. The van der Waals surface area contributed by atoms with Gasteiger partial charge in [0.15, 0.2) is 0 Å². The van der Waals surface area contributed by atoms with Gasteiger partial charge < -0.3 is 5.32 Å². The molecule has 1 saturated heterocycles. The summed E-state index contributed by atoms with van der Waals surface area (Å²) < 4.78 is 0. The van der Waals surface area contributed by atoms with Crippen LogP contribution in [0.5, 0.6) is 0 Å². The standard InChI is InChI=1S/C13H17N3S2/c1-3-8-7-9-11(14-2)15-12(16-13(9)18-8)10-5-4-6-17-10/h7,10H,3-6H2,1-2H3,(H,14,15,16). The molecule has 1 unspecified atom stereocenters. The van der Waals surface area contributed by atoms with E-state index in [1.165, 1.54) is 28.9 Å². The average molecular weight is 279 g/mol. The van der Waals surface area contributed by atoms with Crippen LogP contribution in [-0.2, 0) is 6.42 Å². The number of thiophene rings is 1. The van der Waals surface area contributed by atoms with Gasteiger partial charge in [0.25, 0.3) is 0 Å². The predicted molar refractivity (Wildman–Crippen MR) is 80.8 cm³/mol. The lowest BCUT2D eigenvalue weighted by atomic mass is 10.2. The highest BCUT2D eigenvalue weighted by Crippen LogP contribution is 2.40. The third kappa shape index (κ3) is 2.10. The summed E-state index contributed by atoms with van der Waals surface area (Å²) in [7, 11) is 1.94. The molecule has 2 aromatic rings. The number of fused-ring (bicyclic) bond motifs is 1. The summed E-state index contributed by atoms with van der Waals surface area (Å²) in [5.41, 5.74) is 0. The van der Waals surface area contributed by atoms with Crippen molar-refractivity contribution in [3.63, 3.8) is 0 Å². The summed E-state index contributed by atoms with van der Waals surface area (Å²) >= 11 is 3.79. The van der Waals surface area contributed by atoms with Crippen molar-refractivity contribution in [2.45, 2.75) is 31.4 Å². The molecule has 5 heteroatoms. The number of anilines is 1. The van der Waals surface area contributed by atoms with Gasteiger partial charge in [0.1, 0.15) is 16.5 Å². The second kappa shape index (κ2) is 5.05. The smallest absolute Gasteiger partial charge is 0.145 e. The molecule has 0 spiro atoms. The first kappa shape index (κ1) is 12.2. The Kier molecular flexibility index (Phi) is 3.43. The number of aryl methyl sites for hydroxylation is 1. The third-order valence-corrected chi connectivity index (χ3v) is 5.81. The largest absolute Gasteiger partial charge is 0.372 e. The average Bonchev–Trinajstić information content (AvgIpc) is 3.05. The minimum absolute atomic E-state index is 0.494. The van der Waals surface area contributed by atoms with E-state index in [2.05, 4.69) is 18.3 Å². The van der Waals surface area contributed by atoms with E-state index in [-0.39, 0.29) is 0 Å². The zero-order chi connectivity index (χ0) is 12.5. The van der Waals surface area contributed by atoms with Crippen molar-refractivity contribution >= 4 is 39.1 Å². The van der Waals surface area contributed by atoms with Crippen molar-refractivity contribution in [1.82, 2.24) is 9.97 Å². The van der Waals surface area contributed by atoms with E-state index in [1.54, 1.807) is 11.3 Å². The molecule has 1 fully saturated rings. The Morgan fingerprint density at radius 1 is 1.44 bits per heavy atom. The van der Waals surface area contributed by atoms with Gasteiger partial charge >= 0.3 is 0 Å². The van der Waals surface area contributed by atoms with Gasteiger partial charge in [-0.25, -0.2) is 9.97 Å². The van der Waals surface area contributed by atoms with Crippen LogP contribution in [0, 0.1) is 0 Å². The Morgan fingerprint density at radius 3 is 3.00 bits per heavy atom. The quantitative estimate of drug-likeness (QED) is 0.925. The van der Waals surface area contributed by atoms with Crippen molar-refractivity contribution in [3.8, 4) is 0 Å². The van der Waals surface area contributed by atoms with Gasteiger partial charge in [0, 0.05) is 11.9 Å². The van der Waals surface area contributed by atoms with Crippen molar-refractivity contribution in [3.05, 3.63) is 16.8 Å². The van der Waals surface area contributed by atoms with Crippen molar-refractivity contribution < 1.29 is 0 Å². The SMILES string of the molecule is CCc1cc2c(NC)nc(C3CCCS3)nc2s1. The summed E-state index contributed by atoms with van der Waals surface area (Å²) in [5.74, 6) is 3.24. The Morgan fingerprint density at radius 2 is 2.33 bits per heavy atom. The predicted octanol–water partition coefficient (Wildman–Crippen LogP) is 3.86. The molecule has 0 amide bonds. The lowest BCUT2D eigenvalue weighted by molar-refractivity contribution is 0.784. The number of nitrogens with one attached hydrogen (secondary N) is 1. The fourth-order valence-electron chi connectivity index (χ4n) is 2.28. The highest BCUT2D eigenvalue weighted by Gasteiger charge is 2.22. The molecule has 1 aliphatic rings. The van der Waals surface area contributed by atoms with Gasteiger partial charge in [0.2, 0.25) is 0 Å². The van der Waals surface area contributed by atoms with Crippen LogP contribution in [0.4, 0.5) is 5.82 Å². The summed E-state index contributed by atoms with van der Waals surface area (Å²) in [5, 5.41) is 4.88. The van der Waals surface area contributed by atoms with E-state index in [4.69, 9.17) is 9.97 Å². The molecule has 3 nitrogen and oxygen atoms in total.